The molecule has 0 bridgehead atoms. The van der Waals surface area contributed by atoms with Crippen molar-refractivity contribution in [3.63, 3.8) is 0 Å². The predicted octanol–water partition coefficient (Wildman–Crippen LogP) is 1.11. The van der Waals surface area contributed by atoms with E-state index < -0.39 is 0 Å². The quantitative estimate of drug-likeness (QED) is 0.809. The molecule has 2 N–H and O–H groups in total. The van der Waals surface area contributed by atoms with E-state index in [4.69, 9.17) is 14.6 Å². The minimum atomic E-state index is 0.411. The molecule has 0 unspecified atom stereocenters. The van der Waals surface area contributed by atoms with E-state index in [-0.39, 0.29) is 0 Å². The Balaban J connectivity index is 2.03. The second-order valence-corrected chi connectivity index (χ2v) is 3.64. The molecule has 0 saturated heterocycles. The third-order valence-electron chi connectivity index (χ3n) is 2.45. The molecule has 0 atom stereocenters. The van der Waals surface area contributed by atoms with Gasteiger partial charge < -0.3 is 14.6 Å². The van der Waals surface area contributed by atoms with Gasteiger partial charge in [0.1, 0.15) is 0 Å². The Labute approximate surface area is 99.4 Å². The lowest BCUT2D eigenvalue weighted by Gasteiger charge is -2.16. The van der Waals surface area contributed by atoms with E-state index in [0.717, 1.165) is 13.1 Å². The first-order valence-corrected chi connectivity index (χ1v) is 5.62. The Kier molecular flexibility index (Phi) is 3.89. The topological polar surface area (TPSA) is 81.3 Å². The summed E-state index contributed by atoms with van der Waals surface area (Å²) in [6.07, 6.45) is 1.58. The summed E-state index contributed by atoms with van der Waals surface area (Å²) in [4.78, 5) is 2.14. The van der Waals surface area contributed by atoms with Crippen LogP contribution >= 0.6 is 0 Å². The van der Waals surface area contributed by atoms with Crippen molar-refractivity contribution in [3.8, 4) is 11.7 Å². The summed E-state index contributed by atoms with van der Waals surface area (Å²) in [7, 11) is 0. The van der Waals surface area contributed by atoms with Gasteiger partial charge in [0.05, 0.1) is 12.8 Å². The molecule has 2 aromatic rings. The molecular weight excluding hydrogens is 220 g/mol. The van der Waals surface area contributed by atoms with Crippen LogP contribution in [0.2, 0.25) is 0 Å². The first kappa shape index (κ1) is 11.8. The maximum Gasteiger partial charge on any atom is 0.283 e. The van der Waals surface area contributed by atoms with Crippen molar-refractivity contribution >= 4 is 0 Å². The van der Waals surface area contributed by atoms with Crippen LogP contribution in [-0.2, 0) is 6.54 Å². The van der Waals surface area contributed by atoms with E-state index >= 15 is 0 Å². The van der Waals surface area contributed by atoms with E-state index in [1.165, 1.54) is 0 Å². The van der Waals surface area contributed by atoms with E-state index in [9.17, 15) is 0 Å². The number of furan rings is 1. The van der Waals surface area contributed by atoms with Crippen LogP contribution in [0.25, 0.3) is 11.7 Å². The highest BCUT2D eigenvalue weighted by atomic mass is 16.4. The SMILES string of the molecule is CCN(CCN)Cc1nnc(-c2ccco2)o1. The largest absolute Gasteiger partial charge is 0.459 e. The number of hydrogen-bond acceptors (Lipinski definition) is 6. The number of likely N-dealkylation sites (N-methyl/N-ethyl adjacent to an activating group) is 1. The Hall–Kier alpha value is -1.66. The van der Waals surface area contributed by atoms with Gasteiger partial charge in [-0.3, -0.25) is 4.90 Å². The maximum absolute atomic E-state index is 5.52. The van der Waals surface area contributed by atoms with Gasteiger partial charge in [-0.15, -0.1) is 10.2 Å². The van der Waals surface area contributed by atoms with Crippen LogP contribution in [0.3, 0.4) is 0 Å². The number of nitrogens with zero attached hydrogens (tertiary/aromatic N) is 3. The number of nitrogens with two attached hydrogens (primary N) is 1. The molecule has 2 aromatic heterocycles. The van der Waals surface area contributed by atoms with Crippen molar-refractivity contribution in [2.24, 2.45) is 5.73 Å². The van der Waals surface area contributed by atoms with Crippen molar-refractivity contribution in [1.82, 2.24) is 15.1 Å². The van der Waals surface area contributed by atoms with Gasteiger partial charge >= 0.3 is 0 Å². The smallest absolute Gasteiger partial charge is 0.283 e. The van der Waals surface area contributed by atoms with Crippen molar-refractivity contribution in [2.45, 2.75) is 13.5 Å². The lowest BCUT2D eigenvalue weighted by atomic mass is 10.4. The van der Waals surface area contributed by atoms with E-state index in [1.54, 1.807) is 18.4 Å². The van der Waals surface area contributed by atoms with Gasteiger partial charge in [0, 0.05) is 13.1 Å². The van der Waals surface area contributed by atoms with Gasteiger partial charge in [-0.1, -0.05) is 6.92 Å². The summed E-state index contributed by atoms with van der Waals surface area (Å²) in [6, 6.07) is 3.57. The number of rotatable bonds is 6. The summed E-state index contributed by atoms with van der Waals surface area (Å²) in [5.41, 5.74) is 5.52. The highest BCUT2D eigenvalue weighted by molar-refractivity contribution is 5.42. The van der Waals surface area contributed by atoms with Crippen LogP contribution in [-0.4, -0.2) is 34.7 Å². The van der Waals surface area contributed by atoms with Gasteiger partial charge in [-0.25, -0.2) is 0 Å². The van der Waals surface area contributed by atoms with Gasteiger partial charge in [0.2, 0.25) is 5.89 Å². The van der Waals surface area contributed by atoms with Crippen molar-refractivity contribution < 1.29 is 8.83 Å². The monoisotopic (exact) mass is 236 g/mol. The Morgan fingerprint density at radius 2 is 2.29 bits per heavy atom. The molecule has 0 fully saturated rings. The van der Waals surface area contributed by atoms with Gasteiger partial charge in [-0.05, 0) is 18.7 Å². The Morgan fingerprint density at radius 3 is 2.94 bits per heavy atom. The molecule has 0 saturated carbocycles. The minimum Gasteiger partial charge on any atom is -0.459 e. The molecule has 0 amide bonds. The lowest BCUT2D eigenvalue weighted by Crippen LogP contribution is -2.28. The third-order valence-corrected chi connectivity index (χ3v) is 2.45. The number of aromatic nitrogens is 2. The summed E-state index contributed by atoms with van der Waals surface area (Å²) in [6.45, 7) is 5.01. The van der Waals surface area contributed by atoms with Crippen LogP contribution < -0.4 is 5.73 Å². The molecule has 6 nitrogen and oxygen atoms in total. The molecule has 6 heteroatoms. The fourth-order valence-electron chi connectivity index (χ4n) is 1.54. The molecule has 0 aliphatic rings. The number of hydrogen-bond donors (Lipinski definition) is 1. The van der Waals surface area contributed by atoms with Crippen molar-refractivity contribution in [3.05, 3.63) is 24.3 Å². The van der Waals surface area contributed by atoms with E-state index in [1.807, 2.05) is 0 Å². The molecular formula is C11H16N4O2. The molecule has 2 heterocycles. The highest BCUT2D eigenvalue weighted by Gasteiger charge is 2.12. The van der Waals surface area contributed by atoms with Crippen LogP contribution in [0, 0.1) is 0 Å². The molecule has 92 valence electrons. The zero-order chi connectivity index (χ0) is 12.1. The van der Waals surface area contributed by atoms with Gasteiger partial charge in [-0.2, -0.15) is 0 Å². The minimum absolute atomic E-state index is 0.411. The molecule has 0 aliphatic heterocycles. The van der Waals surface area contributed by atoms with Gasteiger partial charge in [0.25, 0.3) is 5.89 Å². The van der Waals surface area contributed by atoms with Crippen LogP contribution in [0.15, 0.2) is 27.2 Å². The first-order chi connectivity index (χ1) is 8.33. The zero-order valence-electron chi connectivity index (χ0n) is 9.80. The zero-order valence-corrected chi connectivity index (χ0v) is 9.80. The first-order valence-electron chi connectivity index (χ1n) is 5.62. The average Bonchev–Trinajstić information content (AvgIpc) is 2.98. The molecule has 0 radical (unpaired) electrons. The average molecular weight is 236 g/mol. The van der Waals surface area contributed by atoms with Crippen molar-refractivity contribution in [1.29, 1.82) is 0 Å². The maximum atomic E-state index is 5.52. The van der Waals surface area contributed by atoms with E-state index in [2.05, 4.69) is 22.0 Å². The molecule has 0 aliphatic carbocycles. The van der Waals surface area contributed by atoms with Crippen molar-refractivity contribution in [2.75, 3.05) is 19.6 Å². The molecule has 17 heavy (non-hydrogen) atoms. The summed E-state index contributed by atoms with van der Waals surface area (Å²) < 4.78 is 10.7. The highest BCUT2D eigenvalue weighted by Crippen LogP contribution is 2.18. The normalized spacial score (nSPS) is 11.2. The van der Waals surface area contributed by atoms with E-state index in [0.29, 0.717) is 30.6 Å². The van der Waals surface area contributed by atoms with Crippen LogP contribution in [0.4, 0.5) is 0 Å². The third kappa shape index (κ3) is 2.92. The Morgan fingerprint density at radius 1 is 1.41 bits per heavy atom. The second kappa shape index (κ2) is 5.60. The fraction of sp³-hybridized carbons (Fsp3) is 0.455. The Bertz CT molecular complexity index is 438. The van der Waals surface area contributed by atoms with Gasteiger partial charge in [0.15, 0.2) is 5.76 Å². The predicted molar refractivity (Wildman–Crippen MR) is 62.0 cm³/mol. The van der Waals surface area contributed by atoms with Crippen LogP contribution in [0.1, 0.15) is 12.8 Å². The summed E-state index contributed by atoms with van der Waals surface area (Å²) in [5, 5.41) is 7.92. The van der Waals surface area contributed by atoms with Crippen LogP contribution in [0.5, 0.6) is 0 Å². The second-order valence-electron chi connectivity index (χ2n) is 3.64. The standard InChI is InChI=1S/C11H16N4O2/c1-2-15(6-5-12)8-10-13-14-11(17-10)9-4-3-7-16-9/h3-4,7H,2,5-6,8,12H2,1H3. The lowest BCUT2D eigenvalue weighted by molar-refractivity contribution is 0.258. The molecule has 2 rings (SSSR count). The summed E-state index contributed by atoms with van der Waals surface area (Å²) >= 11 is 0. The molecule has 0 spiro atoms. The fourth-order valence-corrected chi connectivity index (χ4v) is 1.54. The summed E-state index contributed by atoms with van der Waals surface area (Å²) in [5.74, 6) is 1.58. The molecule has 0 aromatic carbocycles.